The van der Waals surface area contributed by atoms with Crippen molar-refractivity contribution in [3.8, 4) is 0 Å². The summed E-state index contributed by atoms with van der Waals surface area (Å²) >= 11 is 0. The molecule has 1 rings (SSSR count). The molecule has 1 heteroatoms. The smallest absolute Gasteiger partial charge is 0.0991 e. The Morgan fingerprint density at radius 2 is 1.40 bits per heavy atom. The first-order valence-electron chi connectivity index (χ1n) is 2.97. The standard InChI is InChI=1S/C5H6.C4H6.Rh/c1-2-4-5-3-1;1-3-4-2;/h1-4H,5H2;3-4H,1-2H2;/q;;+2. The van der Waals surface area contributed by atoms with Gasteiger partial charge in [0.15, 0.2) is 0 Å². The Morgan fingerprint density at radius 3 is 1.50 bits per heavy atom. The first-order chi connectivity index (χ1) is 4.41. The van der Waals surface area contributed by atoms with Crippen LogP contribution in [0.2, 0.25) is 0 Å². The van der Waals surface area contributed by atoms with Crippen molar-refractivity contribution in [3.05, 3.63) is 49.6 Å². The second kappa shape index (κ2) is 11.4. The first-order valence-corrected chi connectivity index (χ1v) is 2.97. The second-order valence-electron chi connectivity index (χ2n) is 1.56. The topological polar surface area (TPSA) is 0 Å². The number of rotatable bonds is 1. The Bertz CT molecular complexity index is 116. The largest absolute Gasteiger partial charge is 2.00 e. The zero-order valence-corrected chi connectivity index (χ0v) is 7.56. The van der Waals surface area contributed by atoms with E-state index in [0.717, 1.165) is 6.42 Å². The zero-order chi connectivity index (χ0) is 6.95. The van der Waals surface area contributed by atoms with E-state index in [1.54, 1.807) is 12.2 Å². The third kappa shape index (κ3) is 10.5. The molecule has 0 aromatic rings. The van der Waals surface area contributed by atoms with Crippen LogP contribution in [-0.2, 0) is 19.5 Å². The predicted molar refractivity (Wildman–Crippen MR) is 43.3 cm³/mol. The average Bonchev–Trinajstić information content (AvgIpc) is 2.43. The van der Waals surface area contributed by atoms with Gasteiger partial charge in [0, 0.05) is 0 Å². The summed E-state index contributed by atoms with van der Waals surface area (Å²) in [6.45, 7) is 6.72. The number of hydrogen-bond donors (Lipinski definition) is 0. The van der Waals surface area contributed by atoms with Gasteiger partial charge in [-0.2, -0.15) is 0 Å². The Hall–Kier alpha value is -0.417. The fourth-order valence-electron chi connectivity index (χ4n) is 0.393. The number of hydrogen-bond acceptors (Lipinski definition) is 0. The van der Waals surface area contributed by atoms with Crippen LogP contribution in [0.15, 0.2) is 49.6 Å². The van der Waals surface area contributed by atoms with E-state index in [1.165, 1.54) is 0 Å². The molecule has 1 radical (unpaired) electrons. The molecule has 0 fully saturated rings. The first kappa shape index (κ1) is 12.3. The van der Waals surface area contributed by atoms with E-state index in [0.29, 0.717) is 0 Å². The van der Waals surface area contributed by atoms with Crippen molar-refractivity contribution in [2.45, 2.75) is 6.42 Å². The van der Waals surface area contributed by atoms with Crippen molar-refractivity contribution in [2.75, 3.05) is 0 Å². The van der Waals surface area contributed by atoms with Gasteiger partial charge in [-0.05, 0) is 6.42 Å². The molecule has 0 amide bonds. The van der Waals surface area contributed by atoms with E-state index in [2.05, 4.69) is 37.5 Å². The Balaban J connectivity index is 0. The van der Waals surface area contributed by atoms with Gasteiger partial charge in [-0.3, -0.25) is 0 Å². The molecule has 1 aliphatic rings. The predicted octanol–water partition coefficient (Wildman–Crippen LogP) is 2.86. The van der Waals surface area contributed by atoms with Crippen LogP contribution in [0.5, 0.6) is 0 Å². The second-order valence-corrected chi connectivity index (χ2v) is 1.56. The Labute approximate surface area is 75.8 Å². The Morgan fingerprint density at radius 1 is 1.00 bits per heavy atom. The van der Waals surface area contributed by atoms with Crippen LogP contribution in [0.3, 0.4) is 0 Å². The molecule has 0 bridgehead atoms. The Kier molecular flexibility index (Phi) is 14.0. The van der Waals surface area contributed by atoms with E-state index in [-0.39, 0.29) is 19.5 Å². The maximum atomic E-state index is 3.36. The van der Waals surface area contributed by atoms with Crippen molar-refractivity contribution >= 4 is 0 Å². The van der Waals surface area contributed by atoms with Gasteiger partial charge < -0.3 is 0 Å². The summed E-state index contributed by atoms with van der Waals surface area (Å²) in [5.74, 6) is 0. The SMILES string of the molecule is C1=CCC=C1.C=CC=C.[Rh+2]. The van der Waals surface area contributed by atoms with Crippen LogP contribution >= 0.6 is 0 Å². The van der Waals surface area contributed by atoms with Gasteiger partial charge in [0.2, 0.25) is 0 Å². The van der Waals surface area contributed by atoms with Gasteiger partial charge in [0.05, 0.1) is 0 Å². The summed E-state index contributed by atoms with van der Waals surface area (Å²) in [7, 11) is 0. The summed E-state index contributed by atoms with van der Waals surface area (Å²) in [4.78, 5) is 0. The molecular weight excluding hydrogens is 211 g/mol. The van der Waals surface area contributed by atoms with Crippen LogP contribution in [0, 0.1) is 0 Å². The van der Waals surface area contributed by atoms with Crippen molar-refractivity contribution in [3.63, 3.8) is 0 Å². The monoisotopic (exact) mass is 223 g/mol. The van der Waals surface area contributed by atoms with Gasteiger partial charge in [-0.1, -0.05) is 49.6 Å². The van der Waals surface area contributed by atoms with Gasteiger partial charge in [-0.25, -0.2) is 0 Å². The van der Waals surface area contributed by atoms with Crippen molar-refractivity contribution in [2.24, 2.45) is 0 Å². The third-order valence-electron chi connectivity index (χ3n) is 0.822. The summed E-state index contributed by atoms with van der Waals surface area (Å²) in [6, 6.07) is 0. The molecule has 0 aliphatic heterocycles. The van der Waals surface area contributed by atoms with Gasteiger partial charge in [0.1, 0.15) is 0 Å². The van der Waals surface area contributed by atoms with Gasteiger partial charge in [0.25, 0.3) is 0 Å². The molecule has 0 heterocycles. The molecule has 55 valence electrons. The normalized spacial score (nSPS) is 10.8. The quantitative estimate of drug-likeness (QED) is 0.473. The fraction of sp³-hybridized carbons (Fsp3) is 0.111. The van der Waals surface area contributed by atoms with E-state index < -0.39 is 0 Å². The molecule has 0 aromatic heterocycles. The average molecular weight is 223 g/mol. The summed E-state index contributed by atoms with van der Waals surface area (Å²) in [5.41, 5.74) is 0. The maximum absolute atomic E-state index is 3.36. The fourth-order valence-corrected chi connectivity index (χ4v) is 0.393. The molecule has 0 N–H and O–H groups in total. The minimum atomic E-state index is 0. The van der Waals surface area contributed by atoms with Gasteiger partial charge >= 0.3 is 19.5 Å². The van der Waals surface area contributed by atoms with Crippen molar-refractivity contribution in [1.29, 1.82) is 0 Å². The minimum Gasteiger partial charge on any atom is -0.0991 e. The van der Waals surface area contributed by atoms with E-state index >= 15 is 0 Å². The molecule has 0 saturated carbocycles. The molecule has 10 heavy (non-hydrogen) atoms. The van der Waals surface area contributed by atoms with E-state index in [1.807, 2.05) is 0 Å². The molecule has 0 unspecified atom stereocenters. The molecular formula is C9H12Rh+2. The third-order valence-corrected chi connectivity index (χ3v) is 0.822. The summed E-state index contributed by atoms with van der Waals surface area (Å²) < 4.78 is 0. The van der Waals surface area contributed by atoms with Crippen molar-refractivity contribution in [1.82, 2.24) is 0 Å². The minimum absolute atomic E-state index is 0. The van der Waals surface area contributed by atoms with Gasteiger partial charge in [-0.15, -0.1) is 0 Å². The molecule has 1 aliphatic carbocycles. The van der Waals surface area contributed by atoms with Crippen LogP contribution in [0.4, 0.5) is 0 Å². The maximum Gasteiger partial charge on any atom is 2.00 e. The van der Waals surface area contributed by atoms with Crippen molar-refractivity contribution < 1.29 is 19.5 Å². The molecule has 0 aromatic carbocycles. The summed E-state index contributed by atoms with van der Waals surface area (Å²) in [6.07, 6.45) is 12.8. The van der Waals surface area contributed by atoms with Crippen LogP contribution in [-0.4, -0.2) is 0 Å². The van der Waals surface area contributed by atoms with E-state index in [9.17, 15) is 0 Å². The number of allylic oxidation sites excluding steroid dienone is 6. The molecule has 0 atom stereocenters. The van der Waals surface area contributed by atoms with Crippen LogP contribution in [0.1, 0.15) is 6.42 Å². The summed E-state index contributed by atoms with van der Waals surface area (Å²) in [5, 5.41) is 0. The zero-order valence-electron chi connectivity index (χ0n) is 5.92. The van der Waals surface area contributed by atoms with Crippen LogP contribution < -0.4 is 0 Å². The molecule has 0 spiro atoms. The van der Waals surface area contributed by atoms with E-state index in [4.69, 9.17) is 0 Å². The molecule has 0 nitrogen and oxygen atoms in total. The van der Waals surface area contributed by atoms with Crippen LogP contribution in [0.25, 0.3) is 0 Å². The molecule has 0 saturated heterocycles.